The van der Waals surface area contributed by atoms with E-state index in [0.29, 0.717) is 11.6 Å². The highest BCUT2D eigenvalue weighted by Gasteiger charge is 2.13. The third kappa shape index (κ3) is 4.54. The highest BCUT2D eigenvalue weighted by atomic mass is 35.5. The molecule has 0 atom stereocenters. The topological polar surface area (TPSA) is 54.0 Å². The standard InChI is InChI=1S/C25H23ClN4O/c26-19-10-11-21-20(16-19)25(18-6-2-1-3-7-18)29-23-9-5-4-8-22(23)28-24(27-21)17-30-12-14-31-15-13-30/h1-11,16,29H,12-15,17H2. The molecule has 156 valence electrons. The highest BCUT2D eigenvalue weighted by molar-refractivity contribution is 6.31. The molecule has 5 rings (SSSR count). The van der Waals surface area contributed by atoms with E-state index in [1.807, 2.05) is 60.7 Å². The average molecular weight is 431 g/mol. The van der Waals surface area contributed by atoms with Crippen molar-refractivity contribution in [1.82, 2.24) is 19.9 Å². The number of halogens is 1. The predicted molar refractivity (Wildman–Crippen MR) is 126 cm³/mol. The maximum atomic E-state index is 6.42. The Labute approximate surface area is 186 Å². The first-order valence-electron chi connectivity index (χ1n) is 10.4. The fraction of sp³-hybridized carbons (Fsp3) is 0.200. The Hall–Kier alpha value is -2.99. The van der Waals surface area contributed by atoms with Crippen LogP contribution < -0.4 is 0 Å². The molecule has 5 nitrogen and oxygen atoms in total. The summed E-state index contributed by atoms with van der Waals surface area (Å²) in [5, 5.41) is 1.62. The van der Waals surface area contributed by atoms with Gasteiger partial charge in [-0.15, -0.1) is 0 Å². The lowest BCUT2D eigenvalue weighted by Crippen LogP contribution is -2.36. The van der Waals surface area contributed by atoms with Crippen LogP contribution in [-0.2, 0) is 11.3 Å². The summed E-state index contributed by atoms with van der Waals surface area (Å²) in [5.41, 5.74) is 4.66. The van der Waals surface area contributed by atoms with E-state index in [0.717, 1.165) is 65.3 Å². The number of hydrogen-bond acceptors (Lipinski definition) is 4. The molecule has 0 aliphatic carbocycles. The van der Waals surface area contributed by atoms with Crippen molar-refractivity contribution in [3.05, 3.63) is 83.6 Å². The number of hydrogen-bond donors (Lipinski definition) is 1. The van der Waals surface area contributed by atoms with Crippen molar-refractivity contribution in [3.63, 3.8) is 0 Å². The van der Waals surface area contributed by atoms with Gasteiger partial charge in [0, 0.05) is 23.5 Å². The molecule has 1 N–H and O–H groups in total. The largest absolute Gasteiger partial charge is 0.379 e. The minimum atomic E-state index is 0.667. The lowest BCUT2D eigenvalue weighted by molar-refractivity contribution is 0.0331. The average Bonchev–Trinajstić information content (AvgIpc) is 2.86. The second-order valence-corrected chi connectivity index (χ2v) is 8.01. The van der Waals surface area contributed by atoms with Gasteiger partial charge in [0.05, 0.1) is 42.0 Å². The van der Waals surface area contributed by atoms with Crippen LogP contribution in [0.5, 0.6) is 0 Å². The number of nitrogens with zero attached hydrogens (tertiary/aromatic N) is 3. The first-order chi connectivity index (χ1) is 15.3. The number of aromatic amines is 1. The molecule has 1 aliphatic heterocycles. The van der Waals surface area contributed by atoms with Gasteiger partial charge < -0.3 is 9.72 Å². The van der Waals surface area contributed by atoms with Crippen molar-refractivity contribution in [2.45, 2.75) is 6.54 Å². The molecule has 31 heavy (non-hydrogen) atoms. The van der Waals surface area contributed by atoms with E-state index in [-0.39, 0.29) is 0 Å². The van der Waals surface area contributed by atoms with Crippen LogP contribution in [0.4, 0.5) is 0 Å². The van der Waals surface area contributed by atoms with Gasteiger partial charge in [0.25, 0.3) is 0 Å². The summed E-state index contributed by atoms with van der Waals surface area (Å²) in [7, 11) is 0. The number of morpholine rings is 1. The second kappa shape index (κ2) is 9.02. The second-order valence-electron chi connectivity index (χ2n) is 7.57. The van der Waals surface area contributed by atoms with Gasteiger partial charge in [-0.2, -0.15) is 0 Å². The zero-order valence-electron chi connectivity index (χ0n) is 17.1. The van der Waals surface area contributed by atoms with Crippen LogP contribution in [0.15, 0.2) is 72.8 Å². The Morgan fingerprint density at radius 1 is 0.871 bits per heavy atom. The van der Waals surface area contributed by atoms with Crippen molar-refractivity contribution in [2.75, 3.05) is 26.3 Å². The predicted octanol–water partition coefficient (Wildman–Crippen LogP) is 5.39. The third-order valence-electron chi connectivity index (χ3n) is 5.42. The number of nitrogens with one attached hydrogen (secondary N) is 1. The molecule has 0 spiro atoms. The summed E-state index contributed by atoms with van der Waals surface area (Å²) in [6.45, 7) is 3.90. The lowest BCUT2D eigenvalue weighted by Gasteiger charge is -2.25. The minimum Gasteiger partial charge on any atom is -0.379 e. The highest BCUT2D eigenvalue weighted by Crippen LogP contribution is 2.28. The van der Waals surface area contributed by atoms with Crippen molar-refractivity contribution in [3.8, 4) is 11.3 Å². The van der Waals surface area contributed by atoms with E-state index >= 15 is 0 Å². The van der Waals surface area contributed by atoms with Crippen molar-refractivity contribution >= 4 is 33.5 Å². The van der Waals surface area contributed by atoms with Gasteiger partial charge in [-0.3, -0.25) is 4.90 Å². The van der Waals surface area contributed by atoms with Gasteiger partial charge in [-0.05, 0) is 35.9 Å². The number of ether oxygens (including phenoxy) is 1. The van der Waals surface area contributed by atoms with E-state index in [1.165, 1.54) is 0 Å². The van der Waals surface area contributed by atoms with E-state index < -0.39 is 0 Å². The number of benzene rings is 3. The van der Waals surface area contributed by atoms with Crippen molar-refractivity contribution in [2.24, 2.45) is 0 Å². The van der Waals surface area contributed by atoms with Gasteiger partial charge in [0.15, 0.2) is 0 Å². The molecule has 0 saturated carbocycles. The Morgan fingerprint density at radius 3 is 2.45 bits per heavy atom. The normalized spacial score (nSPS) is 14.6. The minimum absolute atomic E-state index is 0.667. The zero-order valence-corrected chi connectivity index (χ0v) is 17.8. The number of aromatic nitrogens is 3. The van der Waals surface area contributed by atoms with Crippen LogP contribution in [0.3, 0.4) is 0 Å². The van der Waals surface area contributed by atoms with Gasteiger partial charge in [0.2, 0.25) is 0 Å². The molecule has 6 heteroatoms. The number of rotatable bonds is 3. The Balaban J connectivity index is 1.83. The fourth-order valence-corrected chi connectivity index (χ4v) is 4.02. The number of fused-ring (bicyclic) bond motifs is 2. The van der Waals surface area contributed by atoms with Crippen LogP contribution in [0.1, 0.15) is 5.82 Å². The van der Waals surface area contributed by atoms with Crippen molar-refractivity contribution in [1.29, 1.82) is 0 Å². The van der Waals surface area contributed by atoms with Crippen molar-refractivity contribution < 1.29 is 4.74 Å². The molecule has 0 unspecified atom stereocenters. The van der Waals surface area contributed by atoms with E-state index in [9.17, 15) is 0 Å². The maximum Gasteiger partial charge on any atom is 0.143 e. The summed E-state index contributed by atoms with van der Waals surface area (Å²) in [5.74, 6) is 0.772. The third-order valence-corrected chi connectivity index (χ3v) is 5.66. The summed E-state index contributed by atoms with van der Waals surface area (Å²) in [4.78, 5) is 15.9. The van der Waals surface area contributed by atoms with Crippen LogP contribution in [0.25, 0.3) is 33.2 Å². The molecule has 0 amide bonds. The van der Waals surface area contributed by atoms with Gasteiger partial charge in [-0.1, -0.05) is 54.1 Å². The molecule has 2 heterocycles. The number of para-hydroxylation sites is 2. The smallest absolute Gasteiger partial charge is 0.143 e. The molecule has 3 aromatic carbocycles. The lowest BCUT2D eigenvalue weighted by atomic mass is 10.1. The molecule has 1 aromatic heterocycles. The van der Waals surface area contributed by atoms with E-state index in [1.54, 1.807) is 0 Å². The van der Waals surface area contributed by atoms with Crippen LogP contribution >= 0.6 is 11.6 Å². The van der Waals surface area contributed by atoms with Crippen LogP contribution in [0.2, 0.25) is 5.02 Å². The first-order valence-corrected chi connectivity index (χ1v) is 10.8. The summed E-state index contributed by atoms with van der Waals surface area (Å²) in [6.07, 6.45) is 0. The summed E-state index contributed by atoms with van der Waals surface area (Å²) < 4.78 is 5.50. The first kappa shape index (κ1) is 19.9. The molecular formula is C25H23ClN4O. The Kier molecular flexibility index (Phi) is 5.80. The SMILES string of the molecule is Clc1ccc2nc(CN3CCOCC3)nc3ccccc3[nH]c(-c3ccccc3)c2c1. The summed E-state index contributed by atoms with van der Waals surface area (Å²) in [6, 6.07) is 24.1. The van der Waals surface area contributed by atoms with Crippen LogP contribution in [-0.4, -0.2) is 46.2 Å². The Bertz CT molecular complexity index is 1260. The van der Waals surface area contributed by atoms with E-state index in [4.69, 9.17) is 26.3 Å². The van der Waals surface area contributed by atoms with Gasteiger partial charge in [-0.25, -0.2) is 9.97 Å². The van der Waals surface area contributed by atoms with Crippen LogP contribution in [0, 0.1) is 0 Å². The molecule has 1 aliphatic rings. The van der Waals surface area contributed by atoms with Gasteiger partial charge >= 0.3 is 0 Å². The maximum absolute atomic E-state index is 6.42. The fourth-order valence-electron chi connectivity index (χ4n) is 3.85. The molecule has 4 aromatic rings. The zero-order chi connectivity index (χ0) is 21.0. The Morgan fingerprint density at radius 2 is 1.61 bits per heavy atom. The molecule has 1 saturated heterocycles. The summed E-state index contributed by atoms with van der Waals surface area (Å²) >= 11 is 6.42. The molecule has 0 bridgehead atoms. The quantitative estimate of drug-likeness (QED) is 0.473. The monoisotopic (exact) mass is 430 g/mol. The van der Waals surface area contributed by atoms with E-state index in [2.05, 4.69) is 22.0 Å². The number of H-pyrrole nitrogens is 1. The molecule has 1 fully saturated rings. The molecular weight excluding hydrogens is 408 g/mol. The molecule has 0 radical (unpaired) electrons. The van der Waals surface area contributed by atoms with Gasteiger partial charge in [0.1, 0.15) is 5.82 Å².